The van der Waals surface area contributed by atoms with Gasteiger partial charge < -0.3 is 21.4 Å². The molecule has 0 spiro atoms. The standard InChI is InChI=1S/C16H15N7O5S4/c1-6-21-22-15(31-6)30-4-7-12(13(26)27)23-10(25)2-11(23)32-16(7,20-9(24)3-18-28)8-5-29-14(17)19-8/h3,5,11,28H,2,4H2,1H3,(H2,17,19)(H,20,24)(H,26,27)/b18-3+/t11-,16?/m1/s1. The highest BCUT2D eigenvalue weighted by Gasteiger charge is 2.56. The molecule has 0 aromatic carbocycles. The van der Waals surface area contributed by atoms with Crippen molar-refractivity contribution in [2.75, 3.05) is 11.5 Å². The average molecular weight is 514 g/mol. The number of anilines is 1. The number of rotatable bonds is 7. The number of hydrogen-bond donors (Lipinski definition) is 4. The molecule has 2 aromatic heterocycles. The van der Waals surface area contributed by atoms with Crippen molar-refractivity contribution < 1.29 is 24.7 Å². The number of fused-ring (bicyclic) bond motifs is 1. The van der Waals surface area contributed by atoms with Crippen LogP contribution in [0.25, 0.3) is 0 Å². The maximum Gasteiger partial charge on any atom is 0.352 e. The molecule has 0 radical (unpaired) electrons. The minimum absolute atomic E-state index is 0.0632. The molecule has 2 amide bonds. The third kappa shape index (κ3) is 3.94. The summed E-state index contributed by atoms with van der Waals surface area (Å²) in [6.45, 7) is 1.79. The van der Waals surface area contributed by atoms with Crippen LogP contribution in [-0.4, -0.2) is 65.5 Å². The number of nitrogens with zero attached hydrogens (tertiary/aromatic N) is 5. The van der Waals surface area contributed by atoms with Crippen LogP contribution in [0.3, 0.4) is 0 Å². The first kappa shape index (κ1) is 22.5. The van der Waals surface area contributed by atoms with Crippen molar-refractivity contribution in [1.82, 2.24) is 25.4 Å². The van der Waals surface area contributed by atoms with Crippen molar-refractivity contribution in [2.45, 2.75) is 27.9 Å². The van der Waals surface area contributed by atoms with Crippen LogP contribution in [0.2, 0.25) is 0 Å². The zero-order valence-electron chi connectivity index (χ0n) is 16.2. The Hall–Kier alpha value is -2.69. The molecule has 4 heterocycles. The lowest BCUT2D eigenvalue weighted by molar-refractivity contribution is -0.146. The van der Waals surface area contributed by atoms with Crippen molar-refractivity contribution in [3.63, 3.8) is 0 Å². The highest BCUT2D eigenvalue weighted by molar-refractivity contribution is 8.02. The second-order valence-electron chi connectivity index (χ2n) is 6.53. The zero-order chi connectivity index (χ0) is 23.0. The summed E-state index contributed by atoms with van der Waals surface area (Å²) < 4.78 is 0.594. The predicted molar refractivity (Wildman–Crippen MR) is 119 cm³/mol. The monoisotopic (exact) mass is 513 g/mol. The number of β-lactam (4-membered cyclic amide) rings is 1. The molecule has 12 nitrogen and oxygen atoms in total. The summed E-state index contributed by atoms with van der Waals surface area (Å²) in [7, 11) is 0. The summed E-state index contributed by atoms with van der Waals surface area (Å²) in [5.74, 6) is -2.35. The molecule has 2 atom stereocenters. The van der Waals surface area contributed by atoms with E-state index in [2.05, 4.69) is 25.7 Å². The van der Waals surface area contributed by atoms with Gasteiger partial charge in [-0.1, -0.05) is 40.0 Å². The topological polar surface area (TPSA) is 184 Å². The molecule has 32 heavy (non-hydrogen) atoms. The first-order valence-corrected chi connectivity index (χ1v) is 12.4. The van der Waals surface area contributed by atoms with E-state index in [9.17, 15) is 19.5 Å². The summed E-state index contributed by atoms with van der Waals surface area (Å²) in [5.41, 5.74) is 6.15. The minimum Gasteiger partial charge on any atom is -0.477 e. The molecule has 1 fully saturated rings. The van der Waals surface area contributed by atoms with E-state index < -0.39 is 22.1 Å². The fourth-order valence-electron chi connectivity index (χ4n) is 3.30. The lowest BCUT2D eigenvalue weighted by Crippen LogP contribution is -2.61. The van der Waals surface area contributed by atoms with E-state index in [0.717, 1.165) is 16.3 Å². The van der Waals surface area contributed by atoms with Crippen LogP contribution in [0.4, 0.5) is 5.13 Å². The predicted octanol–water partition coefficient (Wildman–Crippen LogP) is 1.05. The van der Waals surface area contributed by atoms with Gasteiger partial charge in [0.05, 0.1) is 17.5 Å². The van der Waals surface area contributed by atoms with Gasteiger partial charge in [-0.05, 0) is 6.92 Å². The number of amides is 2. The van der Waals surface area contributed by atoms with Gasteiger partial charge in [-0.3, -0.25) is 14.5 Å². The van der Waals surface area contributed by atoms with Gasteiger partial charge in [0, 0.05) is 16.7 Å². The number of nitrogens with two attached hydrogens (primary N) is 1. The van der Waals surface area contributed by atoms with Crippen LogP contribution in [0, 0.1) is 6.92 Å². The molecule has 168 valence electrons. The van der Waals surface area contributed by atoms with Crippen molar-refractivity contribution in [3.05, 3.63) is 27.4 Å². The first-order valence-electron chi connectivity index (χ1n) is 8.86. The van der Waals surface area contributed by atoms with Gasteiger partial charge in [-0.2, -0.15) is 0 Å². The summed E-state index contributed by atoms with van der Waals surface area (Å²) in [6.07, 6.45) is 0.762. The normalized spacial score (nSPS) is 22.7. The fraction of sp³-hybridized carbons (Fsp3) is 0.312. The Morgan fingerprint density at radius 2 is 2.28 bits per heavy atom. The van der Waals surface area contributed by atoms with Gasteiger partial charge in [-0.25, -0.2) is 9.78 Å². The molecular formula is C16H15N7O5S4. The number of thioether (sulfide) groups is 2. The van der Waals surface area contributed by atoms with Gasteiger partial charge in [0.1, 0.15) is 16.9 Å². The molecule has 0 saturated carbocycles. The molecule has 5 N–H and O–H groups in total. The Morgan fingerprint density at radius 3 is 2.84 bits per heavy atom. The number of oxime groups is 1. The third-order valence-corrected chi connectivity index (χ3v) is 8.81. The number of carbonyl (C=O) groups is 3. The Kier molecular flexibility index (Phi) is 6.11. The first-order chi connectivity index (χ1) is 15.2. The smallest absolute Gasteiger partial charge is 0.352 e. The van der Waals surface area contributed by atoms with E-state index in [4.69, 9.17) is 10.9 Å². The number of carboxylic acid groups (broad SMARTS) is 1. The van der Waals surface area contributed by atoms with Crippen LogP contribution in [-0.2, 0) is 19.3 Å². The van der Waals surface area contributed by atoms with E-state index in [1.165, 1.54) is 39.8 Å². The SMILES string of the molecule is Cc1nnc(SCC2=C(C(=O)O)N3C(=O)C[C@H]3SC2(NC(=O)/C=N/O)c2csc(N)n2)s1. The molecule has 1 saturated heterocycles. The van der Waals surface area contributed by atoms with Gasteiger partial charge in [0.15, 0.2) is 14.3 Å². The second kappa shape index (κ2) is 8.68. The molecule has 0 bridgehead atoms. The molecule has 4 rings (SSSR count). The van der Waals surface area contributed by atoms with Crippen molar-refractivity contribution in [3.8, 4) is 0 Å². The van der Waals surface area contributed by atoms with E-state index in [-0.39, 0.29) is 34.5 Å². The quantitative estimate of drug-likeness (QED) is 0.136. The lowest BCUT2D eigenvalue weighted by atomic mass is 9.98. The van der Waals surface area contributed by atoms with Gasteiger partial charge in [0.25, 0.3) is 5.91 Å². The van der Waals surface area contributed by atoms with Crippen LogP contribution in [0.15, 0.2) is 26.1 Å². The Labute approximate surface area is 197 Å². The fourth-order valence-corrected chi connectivity index (χ4v) is 7.65. The van der Waals surface area contributed by atoms with E-state index >= 15 is 0 Å². The number of nitrogens with one attached hydrogen (secondary N) is 1. The van der Waals surface area contributed by atoms with Gasteiger partial charge in [-0.15, -0.1) is 21.5 Å². The third-order valence-electron chi connectivity index (χ3n) is 4.58. The highest BCUT2D eigenvalue weighted by Crippen LogP contribution is 2.55. The van der Waals surface area contributed by atoms with Crippen molar-refractivity contribution in [2.24, 2.45) is 5.16 Å². The Morgan fingerprint density at radius 1 is 1.50 bits per heavy atom. The number of carboxylic acids is 1. The number of aryl methyl sites for hydroxylation is 1. The summed E-state index contributed by atoms with van der Waals surface area (Å²) in [6, 6.07) is 0. The summed E-state index contributed by atoms with van der Waals surface area (Å²) >= 11 is 4.86. The van der Waals surface area contributed by atoms with E-state index in [1.54, 1.807) is 12.3 Å². The Bertz CT molecular complexity index is 1160. The zero-order valence-corrected chi connectivity index (χ0v) is 19.5. The van der Waals surface area contributed by atoms with E-state index in [1.807, 2.05) is 0 Å². The highest BCUT2D eigenvalue weighted by atomic mass is 32.2. The average Bonchev–Trinajstić information content (AvgIpc) is 3.34. The molecule has 2 aromatic rings. The minimum atomic E-state index is -1.46. The number of aromatic nitrogens is 3. The number of nitrogen functional groups attached to an aromatic ring is 1. The Balaban J connectivity index is 1.89. The maximum atomic E-state index is 12.5. The number of carbonyl (C=O) groups excluding carboxylic acids is 2. The molecule has 16 heteroatoms. The van der Waals surface area contributed by atoms with Crippen molar-refractivity contribution >= 4 is 75.3 Å². The molecule has 1 unspecified atom stereocenters. The van der Waals surface area contributed by atoms with Crippen LogP contribution in [0.1, 0.15) is 17.1 Å². The molecule has 2 aliphatic heterocycles. The number of thiazole rings is 1. The molecule has 2 aliphatic rings. The number of hydrogen-bond acceptors (Lipinski definition) is 13. The lowest BCUT2D eigenvalue weighted by Gasteiger charge is -2.51. The van der Waals surface area contributed by atoms with Gasteiger partial charge >= 0.3 is 5.97 Å². The van der Waals surface area contributed by atoms with E-state index in [0.29, 0.717) is 16.2 Å². The maximum absolute atomic E-state index is 12.5. The molecular weight excluding hydrogens is 498 g/mol. The van der Waals surface area contributed by atoms with Crippen LogP contribution < -0.4 is 11.1 Å². The second-order valence-corrected chi connectivity index (χ2v) is 11.2. The largest absolute Gasteiger partial charge is 0.477 e. The number of aliphatic carboxylic acids is 1. The van der Waals surface area contributed by atoms with Gasteiger partial charge in [0.2, 0.25) is 5.91 Å². The van der Waals surface area contributed by atoms with Crippen LogP contribution in [0.5, 0.6) is 0 Å². The van der Waals surface area contributed by atoms with Crippen molar-refractivity contribution in [1.29, 1.82) is 0 Å². The summed E-state index contributed by atoms with van der Waals surface area (Å²) in [5, 5.41) is 34.4. The molecule has 0 aliphatic carbocycles. The summed E-state index contributed by atoms with van der Waals surface area (Å²) in [4.78, 5) is 41.2. The van der Waals surface area contributed by atoms with Crippen LogP contribution >= 0.6 is 46.2 Å².